The lowest BCUT2D eigenvalue weighted by Gasteiger charge is -2.26. The van der Waals surface area contributed by atoms with Crippen molar-refractivity contribution < 1.29 is 13.9 Å². The molecule has 3 rings (SSSR count). The second-order valence-corrected chi connectivity index (χ2v) is 7.40. The van der Waals surface area contributed by atoms with E-state index in [9.17, 15) is 4.39 Å². The zero-order valence-corrected chi connectivity index (χ0v) is 17.7. The SMILES string of the molecule is CN=C(NCc1cccc(CN2CCOCC2)c1)NCC(C)Oc1cccc(F)c1. The van der Waals surface area contributed by atoms with E-state index in [2.05, 4.69) is 44.8 Å². The van der Waals surface area contributed by atoms with Gasteiger partial charge in [-0.15, -0.1) is 0 Å². The molecule has 1 aliphatic rings. The first-order valence-electron chi connectivity index (χ1n) is 10.4. The van der Waals surface area contributed by atoms with Gasteiger partial charge < -0.3 is 20.1 Å². The van der Waals surface area contributed by atoms with E-state index >= 15 is 0 Å². The van der Waals surface area contributed by atoms with Crippen LogP contribution in [0.5, 0.6) is 5.75 Å². The molecule has 1 saturated heterocycles. The number of hydrogen-bond donors (Lipinski definition) is 2. The minimum Gasteiger partial charge on any atom is -0.489 e. The van der Waals surface area contributed by atoms with Gasteiger partial charge >= 0.3 is 0 Å². The van der Waals surface area contributed by atoms with Crippen LogP contribution in [-0.4, -0.2) is 56.9 Å². The molecular weight excluding hydrogens is 383 g/mol. The van der Waals surface area contributed by atoms with Crippen molar-refractivity contribution in [3.63, 3.8) is 0 Å². The molecule has 0 saturated carbocycles. The van der Waals surface area contributed by atoms with Crippen molar-refractivity contribution in [2.75, 3.05) is 39.9 Å². The van der Waals surface area contributed by atoms with Crippen molar-refractivity contribution in [1.29, 1.82) is 0 Å². The van der Waals surface area contributed by atoms with Gasteiger partial charge in [0.05, 0.1) is 19.8 Å². The van der Waals surface area contributed by atoms with Gasteiger partial charge in [0.2, 0.25) is 0 Å². The van der Waals surface area contributed by atoms with Crippen LogP contribution in [0.2, 0.25) is 0 Å². The molecule has 1 aliphatic heterocycles. The van der Waals surface area contributed by atoms with Crippen LogP contribution in [0.3, 0.4) is 0 Å². The molecule has 2 N–H and O–H groups in total. The average Bonchev–Trinajstić information content (AvgIpc) is 2.75. The first-order valence-corrected chi connectivity index (χ1v) is 10.4. The topological polar surface area (TPSA) is 58.1 Å². The first-order chi connectivity index (χ1) is 14.6. The third kappa shape index (κ3) is 7.31. The number of rotatable bonds is 8. The highest BCUT2D eigenvalue weighted by Crippen LogP contribution is 2.13. The van der Waals surface area contributed by atoms with Gasteiger partial charge in [0.15, 0.2) is 5.96 Å². The third-order valence-electron chi connectivity index (χ3n) is 4.88. The summed E-state index contributed by atoms with van der Waals surface area (Å²) in [5.74, 6) is 0.911. The normalized spacial score (nSPS) is 16.2. The summed E-state index contributed by atoms with van der Waals surface area (Å²) < 4.78 is 24.4. The summed E-state index contributed by atoms with van der Waals surface area (Å²) in [6.07, 6.45) is -0.137. The van der Waals surface area contributed by atoms with E-state index in [1.54, 1.807) is 19.2 Å². The van der Waals surface area contributed by atoms with Gasteiger partial charge in [-0.25, -0.2) is 4.39 Å². The fourth-order valence-corrected chi connectivity index (χ4v) is 3.32. The second kappa shape index (κ2) is 11.5. The van der Waals surface area contributed by atoms with Crippen LogP contribution < -0.4 is 15.4 Å². The standard InChI is InChI=1S/C23H31FN4O2/c1-18(30-22-8-4-7-21(24)14-22)15-26-23(25-2)27-16-19-5-3-6-20(13-19)17-28-9-11-29-12-10-28/h3-8,13-14,18H,9-12,15-17H2,1-2H3,(H2,25,26,27). The zero-order valence-electron chi connectivity index (χ0n) is 17.7. The van der Waals surface area contributed by atoms with Gasteiger partial charge in [-0.3, -0.25) is 9.89 Å². The zero-order chi connectivity index (χ0) is 21.2. The molecule has 1 fully saturated rings. The number of aliphatic imine (C=N–C) groups is 1. The molecule has 0 amide bonds. The lowest BCUT2D eigenvalue weighted by molar-refractivity contribution is 0.0342. The Bertz CT molecular complexity index is 824. The Morgan fingerprint density at radius 3 is 2.67 bits per heavy atom. The van der Waals surface area contributed by atoms with Gasteiger partial charge in [-0.05, 0) is 30.2 Å². The quantitative estimate of drug-likeness (QED) is 0.514. The van der Waals surface area contributed by atoms with E-state index in [4.69, 9.17) is 9.47 Å². The van der Waals surface area contributed by atoms with Crippen LogP contribution in [0.4, 0.5) is 4.39 Å². The van der Waals surface area contributed by atoms with Crippen LogP contribution in [0, 0.1) is 5.82 Å². The molecule has 2 aromatic rings. The molecule has 1 atom stereocenters. The van der Waals surface area contributed by atoms with Gasteiger partial charge in [0.1, 0.15) is 17.7 Å². The molecule has 1 unspecified atom stereocenters. The van der Waals surface area contributed by atoms with Crippen LogP contribution in [-0.2, 0) is 17.8 Å². The van der Waals surface area contributed by atoms with Crippen molar-refractivity contribution in [2.24, 2.45) is 4.99 Å². The summed E-state index contributed by atoms with van der Waals surface area (Å²) in [5, 5.41) is 6.59. The molecule has 0 spiro atoms. The molecule has 162 valence electrons. The highest BCUT2D eigenvalue weighted by molar-refractivity contribution is 5.79. The monoisotopic (exact) mass is 414 g/mol. The summed E-state index contributed by atoms with van der Waals surface area (Å²) >= 11 is 0. The predicted octanol–water partition coefficient (Wildman–Crippen LogP) is 2.79. The Morgan fingerprint density at radius 2 is 1.90 bits per heavy atom. The number of morpholine rings is 1. The average molecular weight is 415 g/mol. The highest BCUT2D eigenvalue weighted by Gasteiger charge is 2.11. The van der Waals surface area contributed by atoms with Crippen molar-refractivity contribution in [3.8, 4) is 5.75 Å². The predicted molar refractivity (Wildman–Crippen MR) is 117 cm³/mol. The number of ether oxygens (including phenoxy) is 2. The Kier molecular flexibility index (Phi) is 8.47. The van der Waals surface area contributed by atoms with E-state index in [1.807, 2.05) is 6.92 Å². The molecule has 30 heavy (non-hydrogen) atoms. The Hall–Kier alpha value is -2.64. The van der Waals surface area contributed by atoms with E-state index in [0.29, 0.717) is 24.8 Å². The molecule has 0 radical (unpaired) electrons. The first kappa shape index (κ1) is 22.1. The highest BCUT2D eigenvalue weighted by atomic mass is 19.1. The second-order valence-electron chi connectivity index (χ2n) is 7.40. The van der Waals surface area contributed by atoms with Gasteiger partial charge in [0, 0.05) is 39.3 Å². The summed E-state index contributed by atoms with van der Waals surface area (Å²) in [4.78, 5) is 6.68. The minimum atomic E-state index is -0.305. The van der Waals surface area contributed by atoms with E-state index in [0.717, 1.165) is 32.8 Å². The summed E-state index contributed by atoms with van der Waals surface area (Å²) in [7, 11) is 1.74. The lowest BCUT2D eigenvalue weighted by Crippen LogP contribution is -2.41. The Balaban J connectivity index is 1.44. The van der Waals surface area contributed by atoms with Gasteiger partial charge in [0.25, 0.3) is 0 Å². The minimum absolute atomic E-state index is 0.137. The summed E-state index contributed by atoms with van der Waals surface area (Å²) in [6.45, 7) is 7.68. The van der Waals surface area contributed by atoms with Crippen molar-refractivity contribution in [2.45, 2.75) is 26.1 Å². The number of nitrogens with one attached hydrogen (secondary N) is 2. The number of halogens is 1. The summed E-state index contributed by atoms with van der Waals surface area (Å²) in [5.41, 5.74) is 2.50. The Labute approximate surface area is 178 Å². The molecule has 0 aliphatic carbocycles. The van der Waals surface area contributed by atoms with E-state index in [1.165, 1.54) is 23.3 Å². The van der Waals surface area contributed by atoms with Crippen LogP contribution >= 0.6 is 0 Å². The Morgan fingerprint density at radius 1 is 1.13 bits per heavy atom. The van der Waals surface area contributed by atoms with E-state index < -0.39 is 0 Å². The fraction of sp³-hybridized carbons (Fsp3) is 0.435. The number of benzene rings is 2. The number of guanidine groups is 1. The van der Waals surface area contributed by atoms with Crippen LogP contribution in [0.25, 0.3) is 0 Å². The fourth-order valence-electron chi connectivity index (χ4n) is 3.32. The largest absolute Gasteiger partial charge is 0.489 e. The summed E-state index contributed by atoms with van der Waals surface area (Å²) in [6, 6.07) is 14.8. The van der Waals surface area contributed by atoms with Crippen molar-refractivity contribution in [1.82, 2.24) is 15.5 Å². The maximum atomic E-state index is 13.3. The smallest absolute Gasteiger partial charge is 0.191 e. The molecule has 6 nitrogen and oxygen atoms in total. The van der Waals surface area contributed by atoms with Crippen molar-refractivity contribution in [3.05, 3.63) is 65.5 Å². The molecule has 2 aromatic carbocycles. The lowest BCUT2D eigenvalue weighted by atomic mass is 10.1. The maximum absolute atomic E-state index is 13.3. The van der Waals surface area contributed by atoms with Crippen LogP contribution in [0.15, 0.2) is 53.5 Å². The number of hydrogen-bond acceptors (Lipinski definition) is 4. The molecular formula is C23H31FN4O2. The van der Waals surface area contributed by atoms with Gasteiger partial charge in [-0.1, -0.05) is 30.3 Å². The molecule has 0 aromatic heterocycles. The number of nitrogens with zero attached hydrogens (tertiary/aromatic N) is 2. The molecule has 7 heteroatoms. The third-order valence-corrected chi connectivity index (χ3v) is 4.88. The van der Waals surface area contributed by atoms with Gasteiger partial charge in [-0.2, -0.15) is 0 Å². The van der Waals surface area contributed by atoms with E-state index in [-0.39, 0.29) is 11.9 Å². The maximum Gasteiger partial charge on any atom is 0.191 e. The van der Waals surface area contributed by atoms with Crippen molar-refractivity contribution >= 4 is 5.96 Å². The van der Waals surface area contributed by atoms with Crippen LogP contribution in [0.1, 0.15) is 18.1 Å². The molecule has 0 bridgehead atoms. The molecule has 1 heterocycles.